The van der Waals surface area contributed by atoms with Crippen LogP contribution in [0.4, 0.5) is 0 Å². The summed E-state index contributed by atoms with van der Waals surface area (Å²) in [6.07, 6.45) is 0. The fraction of sp³-hybridized carbons (Fsp3) is 0.667. The Bertz CT molecular complexity index is 347. The fourth-order valence-electron chi connectivity index (χ4n) is 2.34. The van der Waals surface area contributed by atoms with Crippen molar-refractivity contribution < 1.29 is 0 Å². The summed E-state index contributed by atoms with van der Waals surface area (Å²) in [7, 11) is 0. The number of nitrogens with two attached hydrogens (primary N) is 1. The monoisotopic (exact) mass is 273 g/mol. The van der Waals surface area contributed by atoms with Gasteiger partial charge in [0.25, 0.3) is 0 Å². The molecule has 1 aromatic rings. The lowest BCUT2D eigenvalue weighted by Crippen LogP contribution is -2.48. The summed E-state index contributed by atoms with van der Waals surface area (Å²) >= 11 is 7.65. The summed E-state index contributed by atoms with van der Waals surface area (Å²) in [6.45, 7) is 8.53. The number of rotatable bonds is 4. The first-order valence-corrected chi connectivity index (χ1v) is 7.35. The maximum atomic E-state index is 6.00. The highest BCUT2D eigenvalue weighted by Crippen LogP contribution is 2.30. The molecule has 1 aliphatic rings. The van der Waals surface area contributed by atoms with Crippen LogP contribution in [0, 0.1) is 0 Å². The van der Waals surface area contributed by atoms with Crippen LogP contribution in [0.25, 0.3) is 0 Å². The van der Waals surface area contributed by atoms with E-state index in [9.17, 15) is 0 Å². The van der Waals surface area contributed by atoms with Gasteiger partial charge in [0.15, 0.2) is 0 Å². The van der Waals surface area contributed by atoms with Gasteiger partial charge in [-0.3, -0.25) is 4.90 Å². The minimum atomic E-state index is 0.339. The second-order valence-corrected chi connectivity index (χ2v) is 6.11. The molecule has 0 saturated carbocycles. The predicted octanol–water partition coefficient (Wildman–Crippen LogP) is 2.04. The van der Waals surface area contributed by atoms with Gasteiger partial charge < -0.3 is 10.6 Å². The largest absolute Gasteiger partial charge is 0.329 e. The molecule has 0 aliphatic carbocycles. The van der Waals surface area contributed by atoms with Crippen LogP contribution in [0.5, 0.6) is 0 Å². The molecule has 3 nitrogen and oxygen atoms in total. The highest BCUT2D eigenvalue weighted by atomic mass is 35.5. The minimum Gasteiger partial charge on any atom is -0.329 e. The van der Waals surface area contributed by atoms with Crippen LogP contribution >= 0.6 is 22.9 Å². The zero-order valence-electron chi connectivity index (χ0n) is 10.2. The zero-order valence-corrected chi connectivity index (χ0v) is 11.8. The van der Waals surface area contributed by atoms with Crippen molar-refractivity contribution >= 4 is 22.9 Å². The van der Waals surface area contributed by atoms with Crippen molar-refractivity contribution in [3.63, 3.8) is 0 Å². The fourth-order valence-corrected chi connectivity index (χ4v) is 3.55. The Morgan fingerprint density at radius 1 is 1.35 bits per heavy atom. The SMILES string of the molecule is CCN1CCN(C(CN)c2ccc(Cl)s2)CC1. The van der Waals surface area contributed by atoms with Crippen LogP contribution < -0.4 is 5.73 Å². The first kappa shape index (κ1) is 13.3. The smallest absolute Gasteiger partial charge is 0.0931 e. The number of likely N-dealkylation sites (N-methyl/N-ethyl adjacent to an activating group) is 1. The van der Waals surface area contributed by atoms with Crippen LogP contribution in [0.3, 0.4) is 0 Å². The van der Waals surface area contributed by atoms with E-state index in [-0.39, 0.29) is 0 Å². The Hall–Kier alpha value is -0.130. The molecular weight excluding hydrogens is 254 g/mol. The van der Waals surface area contributed by atoms with Crippen molar-refractivity contribution in [2.24, 2.45) is 5.73 Å². The second kappa shape index (κ2) is 6.16. The summed E-state index contributed by atoms with van der Waals surface area (Å²) < 4.78 is 0.852. The standard InChI is InChI=1S/C12H20ClN3S/c1-2-15-5-7-16(8-6-15)10(9-14)11-3-4-12(13)17-11/h3-4,10H,2,5-9,14H2,1H3. The number of thiophene rings is 1. The molecule has 1 saturated heterocycles. The Balaban J connectivity index is 2.00. The Labute approximate surface area is 112 Å². The molecule has 0 aromatic carbocycles. The molecule has 0 radical (unpaired) electrons. The van der Waals surface area contributed by atoms with Crippen molar-refractivity contribution in [3.05, 3.63) is 21.3 Å². The van der Waals surface area contributed by atoms with Gasteiger partial charge in [0.2, 0.25) is 0 Å². The van der Waals surface area contributed by atoms with E-state index in [1.54, 1.807) is 11.3 Å². The van der Waals surface area contributed by atoms with Gasteiger partial charge in [-0.25, -0.2) is 0 Å². The Morgan fingerprint density at radius 3 is 2.53 bits per heavy atom. The van der Waals surface area contributed by atoms with Gasteiger partial charge in [-0.1, -0.05) is 18.5 Å². The molecule has 1 fully saturated rings. The molecule has 17 heavy (non-hydrogen) atoms. The van der Waals surface area contributed by atoms with Gasteiger partial charge in [-0.2, -0.15) is 0 Å². The summed E-state index contributed by atoms with van der Waals surface area (Å²) in [5.41, 5.74) is 5.92. The first-order chi connectivity index (χ1) is 8.24. The number of halogens is 1. The van der Waals surface area contributed by atoms with Crippen molar-refractivity contribution in [2.75, 3.05) is 39.3 Å². The third-order valence-corrected chi connectivity index (χ3v) is 4.77. The lowest BCUT2D eigenvalue weighted by molar-refractivity contribution is 0.103. The Kier molecular flexibility index (Phi) is 4.82. The van der Waals surface area contributed by atoms with Crippen LogP contribution in [-0.4, -0.2) is 49.1 Å². The maximum absolute atomic E-state index is 6.00. The number of hydrogen-bond acceptors (Lipinski definition) is 4. The predicted molar refractivity (Wildman–Crippen MR) is 74.8 cm³/mol. The van der Waals surface area contributed by atoms with Crippen molar-refractivity contribution in [1.29, 1.82) is 0 Å². The van der Waals surface area contributed by atoms with Crippen molar-refractivity contribution in [3.8, 4) is 0 Å². The summed E-state index contributed by atoms with van der Waals surface area (Å²) in [4.78, 5) is 6.25. The number of piperazine rings is 1. The average molecular weight is 274 g/mol. The van der Waals surface area contributed by atoms with E-state index in [4.69, 9.17) is 17.3 Å². The molecule has 96 valence electrons. The molecule has 1 atom stereocenters. The average Bonchev–Trinajstić information content (AvgIpc) is 2.78. The molecule has 1 unspecified atom stereocenters. The van der Waals surface area contributed by atoms with E-state index in [0.717, 1.165) is 37.1 Å². The van der Waals surface area contributed by atoms with Crippen molar-refractivity contribution in [2.45, 2.75) is 13.0 Å². The molecule has 1 aliphatic heterocycles. The topological polar surface area (TPSA) is 32.5 Å². The molecule has 0 amide bonds. The summed E-state index contributed by atoms with van der Waals surface area (Å²) in [6, 6.07) is 4.41. The van der Waals surface area contributed by atoms with Gasteiger partial charge in [0.05, 0.1) is 10.4 Å². The number of nitrogens with zero attached hydrogens (tertiary/aromatic N) is 2. The first-order valence-electron chi connectivity index (χ1n) is 6.16. The van der Waals surface area contributed by atoms with Crippen LogP contribution in [-0.2, 0) is 0 Å². The van der Waals surface area contributed by atoms with Gasteiger partial charge in [-0.15, -0.1) is 11.3 Å². The third kappa shape index (κ3) is 3.20. The Morgan fingerprint density at radius 2 is 2.06 bits per heavy atom. The normalized spacial score (nSPS) is 20.6. The van der Waals surface area contributed by atoms with E-state index in [1.807, 2.05) is 6.07 Å². The lowest BCUT2D eigenvalue weighted by atomic mass is 10.1. The van der Waals surface area contributed by atoms with E-state index in [2.05, 4.69) is 22.8 Å². The molecule has 2 rings (SSSR count). The van der Waals surface area contributed by atoms with Gasteiger partial charge in [-0.05, 0) is 18.7 Å². The lowest BCUT2D eigenvalue weighted by Gasteiger charge is -2.38. The van der Waals surface area contributed by atoms with E-state index < -0.39 is 0 Å². The molecule has 0 spiro atoms. The minimum absolute atomic E-state index is 0.339. The molecule has 0 bridgehead atoms. The van der Waals surface area contributed by atoms with E-state index in [0.29, 0.717) is 12.6 Å². The van der Waals surface area contributed by atoms with Crippen LogP contribution in [0.15, 0.2) is 12.1 Å². The summed E-state index contributed by atoms with van der Waals surface area (Å²) in [5, 5.41) is 0. The van der Waals surface area contributed by atoms with Gasteiger partial charge in [0.1, 0.15) is 0 Å². The van der Waals surface area contributed by atoms with E-state index >= 15 is 0 Å². The van der Waals surface area contributed by atoms with Crippen LogP contribution in [0.1, 0.15) is 17.8 Å². The highest BCUT2D eigenvalue weighted by Gasteiger charge is 2.24. The van der Waals surface area contributed by atoms with E-state index in [1.165, 1.54) is 4.88 Å². The molecular formula is C12H20ClN3S. The maximum Gasteiger partial charge on any atom is 0.0931 e. The third-order valence-electron chi connectivity index (χ3n) is 3.44. The highest BCUT2D eigenvalue weighted by molar-refractivity contribution is 7.16. The molecule has 1 aromatic heterocycles. The molecule has 5 heteroatoms. The quantitative estimate of drug-likeness (QED) is 0.911. The van der Waals surface area contributed by atoms with Crippen molar-refractivity contribution in [1.82, 2.24) is 9.80 Å². The van der Waals surface area contributed by atoms with Gasteiger partial charge >= 0.3 is 0 Å². The van der Waals surface area contributed by atoms with Crippen LogP contribution in [0.2, 0.25) is 4.34 Å². The molecule has 2 heterocycles. The molecule has 2 N–H and O–H groups in total. The second-order valence-electron chi connectivity index (χ2n) is 4.36. The number of hydrogen-bond donors (Lipinski definition) is 1. The summed E-state index contributed by atoms with van der Waals surface area (Å²) in [5.74, 6) is 0. The van der Waals surface area contributed by atoms with Gasteiger partial charge in [0, 0.05) is 37.6 Å². The zero-order chi connectivity index (χ0) is 12.3.